The van der Waals surface area contributed by atoms with Crippen LogP contribution in [0.1, 0.15) is 11.4 Å². The molecule has 0 fully saturated rings. The maximum absolute atomic E-state index is 13.1. The quantitative estimate of drug-likeness (QED) is 0.483. The van der Waals surface area contributed by atoms with Gasteiger partial charge in [-0.1, -0.05) is 24.3 Å². The summed E-state index contributed by atoms with van der Waals surface area (Å²) in [5.74, 6) is 0.184. The van der Waals surface area contributed by atoms with Crippen LogP contribution in [0.15, 0.2) is 48.5 Å². The van der Waals surface area contributed by atoms with E-state index in [-0.39, 0.29) is 18.3 Å². The molecular formula is C18H18FN5OS. The molecule has 0 spiro atoms. The van der Waals surface area contributed by atoms with Crippen molar-refractivity contribution in [2.24, 2.45) is 0 Å². The average molecular weight is 371 g/mol. The van der Waals surface area contributed by atoms with Crippen LogP contribution in [0.25, 0.3) is 11.0 Å². The number of halogens is 1. The molecule has 0 saturated carbocycles. The van der Waals surface area contributed by atoms with Gasteiger partial charge in [0.2, 0.25) is 0 Å². The molecule has 0 saturated heterocycles. The van der Waals surface area contributed by atoms with E-state index >= 15 is 0 Å². The van der Waals surface area contributed by atoms with E-state index < -0.39 is 0 Å². The van der Waals surface area contributed by atoms with Crippen LogP contribution in [0.4, 0.5) is 4.39 Å². The molecule has 0 atom stereocenters. The van der Waals surface area contributed by atoms with Gasteiger partial charge < -0.3 is 9.88 Å². The summed E-state index contributed by atoms with van der Waals surface area (Å²) in [4.78, 5) is 16.9. The van der Waals surface area contributed by atoms with Gasteiger partial charge in [0.05, 0.1) is 11.0 Å². The molecule has 0 aliphatic carbocycles. The van der Waals surface area contributed by atoms with Crippen LogP contribution in [0.5, 0.6) is 0 Å². The Morgan fingerprint density at radius 3 is 2.62 bits per heavy atom. The summed E-state index contributed by atoms with van der Waals surface area (Å²) in [6.07, 6.45) is 0.491. The third kappa shape index (κ3) is 4.15. The van der Waals surface area contributed by atoms with Crippen LogP contribution in [0.3, 0.4) is 0 Å². The lowest BCUT2D eigenvalue weighted by molar-refractivity contribution is -0.122. The van der Waals surface area contributed by atoms with Crippen molar-refractivity contribution >= 4 is 34.3 Å². The van der Waals surface area contributed by atoms with Gasteiger partial charge in [-0.15, -0.1) is 0 Å². The number of nitrogens with one attached hydrogen (secondary N) is 3. The SMILES string of the molecule is CNC(=S)NNC(=O)Cn1c(Cc2ccc(F)cc2)nc2ccccc21. The largest absolute Gasteiger partial charge is 0.364 e. The van der Waals surface area contributed by atoms with Gasteiger partial charge in [0.25, 0.3) is 5.91 Å². The number of imidazole rings is 1. The molecule has 134 valence electrons. The summed E-state index contributed by atoms with van der Waals surface area (Å²) < 4.78 is 15.0. The average Bonchev–Trinajstić information content (AvgIpc) is 2.99. The molecule has 0 aliphatic rings. The molecule has 3 N–H and O–H groups in total. The summed E-state index contributed by atoms with van der Waals surface area (Å²) in [6.45, 7) is 0.0797. The molecule has 6 nitrogen and oxygen atoms in total. The van der Waals surface area contributed by atoms with Gasteiger partial charge in [-0.05, 0) is 42.0 Å². The maximum Gasteiger partial charge on any atom is 0.258 e. The van der Waals surface area contributed by atoms with E-state index in [4.69, 9.17) is 12.2 Å². The monoisotopic (exact) mass is 371 g/mol. The third-order valence-electron chi connectivity index (χ3n) is 3.85. The van der Waals surface area contributed by atoms with E-state index in [0.29, 0.717) is 11.5 Å². The van der Waals surface area contributed by atoms with Crippen molar-refractivity contribution in [2.45, 2.75) is 13.0 Å². The Balaban J connectivity index is 1.85. The van der Waals surface area contributed by atoms with E-state index in [1.54, 1.807) is 19.2 Å². The number of thiocarbonyl (C=S) groups is 1. The fourth-order valence-corrected chi connectivity index (χ4v) is 2.64. The molecule has 3 rings (SSSR count). The number of amides is 1. The van der Waals surface area contributed by atoms with E-state index in [1.807, 2.05) is 28.8 Å². The Hall–Kier alpha value is -3.00. The second kappa shape index (κ2) is 7.92. The highest BCUT2D eigenvalue weighted by Crippen LogP contribution is 2.18. The molecule has 1 heterocycles. The fourth-order valence-electron chi connectivity index (χ4n) is 2.59. The molecule has 2 aromatic carbocycles. The molecule has 0 aliphatic heterocycles. The number of nitrogens with zero attached hydrogens (tertiary/aromatic N) is 2. The summed E-state index contributed by atoms with van der Waals surface area (Å²) in [5, 5.41) is 3.03. The van der Waals surface area contributed by atoms with Gasteiger partial charge in [0.15, 0.2) is 5.11 Å². The first kappa shape index (κ1) is 17.8. The van der Waals surface area contributed by atoms with Crippen LogP contribution in [0.2, 0.25) is 0 Å². The lowest BCUT2D eigenvalue weighted by Crippen LogP contribution is -2.46. The van der Waals surface area contributed by atoms with Crippen molar-refractivity contribution in [1.82, 2.24) is 25.7 Å². The summed E-state index contributed by atoms with van der Waals surface area (Å²) in [5.41, 5.74) is 7.73. The number of carbonyl (C=O) groups is 1. The Morgan fingerprint density at radius 2 is 1.88 bits per heavy atom. The molecule has 0 radical (unpaired) electrons. The summed E-state index contributed by atoms with van der Waals surface area (Å²) >= 11 is 4.93. The van der Waals surface area contributed by atoms with Crippen molar-refractivity contribution in [1.29, 1.82) is 0 Å². The number of rotatable bonds is 4. The molecule has 0 bridgehead atoms. The van der Waals surface area contributed by atoms with Crippen molar-refractivity contribution in [2.75, 3.05) is 7.05 Å². The summed E-state index contributed by atoms with van der Waals surface area (Å²) in [6, 6.07) is 13.9. The molecule has 8 heteroatoms. The van der Waals surface area contributed by atoms with Gasteiger partial charge in [0, 0.05) is 13.5 Å². The molecular weight excluding hydrogens is 353 g/mol. The Bertz CT molecular complexity index is 938. The van der Waals surface area contributed by atoms with Gasteiger partial charge in [-0.3, -0.25) is 15.6 Å². The van der Waals surface area contributed by atoms with Crippen LogP contribution >= 0.6 is 12.2 Å². The van der Waals surface area contributed by atoms with Crippen LogP contribution in [0, 0.1) is 5.82 Å². The van der Waals surface area contributed by atoms with Crippen LogP contribution in [-0.2, 0) is 17.8 Å². The smallest absolute Gasteiger partial charge is 0.258 e. The number of carbonyl (C=O) groups excluding carboxylic acids is 1. The van der Waals surface area contributed by atoms with E-state index in [1.165, 1.54) is 12.1 Å². The maximum atomic E-state index is 13.1. The number of hydrazine groups is 1. The highest BCUT2D eigenvalue weighted by Gasteiger charge is 2.14. The van der Waals surface area contributed by atoms with Crippen molar-refractivity contribution < 1.29 is 9.18 Å². The number of para-hydroxylation sites is 2. The predicted octanol–water partition coefficient (Wildman–Crippen LogP) is 1.89. The van der Waals surface area contributed by atoms with Gasteiger partial charge >= 0.3 is 0 Å². The van der Waals surface area contributed by atoms with E-state index in [9.17, 15) is 9.18 Å². The number of fused-ring (bicyclic) bond motifs is 1. The minimum absolute atomic E-state index is 0.0797. The highest BCUT2D eigenvalue weighted by atomic mass is 32.1. The second-order valence-electron chi connectivity index (χ2n) is 5.66. The number of hydrogen-bond donors (Lipinski definition) is 3. The van der Waals surface area contributed by atoms with Crippen LogP contribution in [-0.4, -0.2) is 27.6 Å². The topological polar surface area (TPSA) is 71.0 Å². The Morgan fingerprint density at radius 1 is 1.15 bits per heavy atom. The van der Waals surface area contributed by atoms with Gasteiger partial charge in [-0.25, -0.2) is 9.37 Å². The number of aromatic nitrogens is 2. The molecule has 3 aromatic rings. The van der Waals surface area contributed by atoms with E-state index in [2.05, 4.69) is 21.2 Å². The zero-order chi connectivity index (χ0) is 18.5. The number of hydrogen-bond acceptors (Lipinski definition) is 3. The van der Waals surface area contributed by atoms with E-state index in [0.717, 1.165) is 22.4 Å². The van der Waals surface area contributed by atoms with Crippen molar-refractivity contribution in [3.05, 3.63) is 65.7 Å². The third-order valence-corrected chi connectivity index (χ3v) is 4.16. The highest BCUT2D eigenvalue weighted by molar-refractivity contribution is 7.80. The fraction of sp³-hybridized carbons (Fsp3) is 0.167. The standard InChI is InChI=1S/C18H18FN5OS/c1-20-18(26)23-22-17(25)11-24-15-5-3-2-4-14(15)21-16(24)10-12-6-8-13(19)9-7-12/h2-9H,10-11H2,1H3,(H,22,25)(H2,20,23,26). The number of benzene rings is 2. The predicted molar refractivity (Wildman–Crippen MR) is 102 cm³/mol. The normalized spacial score (nSPS) is 10.5. The summed E-state index contributed by atoms with van der Waals surface area (Å²) in [7, 11) is 1.66. The second-order valence-corrected chi connectivity index (χ2v) is 6.07. The zero-order valence-electron chi connectivity index (χ0n) is 14.1. The lowest BCUT2D eigenvalue weighted by atomic mass is 10.1. The lowest BCUT2D eigenvalue weighted by Gasteiger charge is -2.12. The first-order chi connectivity index (χ1) is 12.6. The van der Waals surface area contributed by atoms with Crippen molar-refractivity contribution in [3.63, 3.8) is 0 Å². The molecule has 1 aromatic heterocycles. The van der Waals surface area contributed by atoms with Crippen molar-refractivity contribution in [3.8, 4) is 0 Å². The zero-order valence-corrected chi connectivity index (χ0v) is 14.9. The Kier molecular flexibility index (Phi) is 5.43. The van der Waals surface area contributed by atoms with Gasteiger partial charge in [-0.2, -0.15) is 0 Å². The Labute approximate surface area is 155 Å². The molecule has 26 heavy (non-hydrogen) atoms. The minimum Gasteiger partial charge on any atom is -0.364 e. The molecule has 0 unspecified atom stereocenters. The van der Waals surface area contributed by atoms with Gasteiger partial charge in [0.1, 0.15) is 18.2 Å². The molecule has 1 amide bonds. The first-order valence-electron chi connectivity index (χ1n) is 8.02. The minimum atomic E-state index is -0.284. The van der Waals surface area contributed by atoms with Crippen LogP contribution < -0.4 is 16.2 Å². The first-order valence-corrected chi connectivity index (χ1v) is 8.43.